The minimum absolute atomic E-state index is 0.445. The molecule has 3 aromatic rings. The number of nitrogens with zero attached hydrogens (tertiary/aromatic N) is 1. The lowest BCUT2D eigenvalue weighted by Crippen LogP contribution is -2.34. The highest BCUT2D eigenvalue weighted by Gasteiger charge is 2.32. The van der Waals surface area contributed by atoms with Crippen molar-refractivity contribution in [3.63, 3.8) is 0 Å². The summed E-state index contributed by atoms with van der Waals surface area (Å²) in [4.78, 5) is 14.1. The van der Waals surface area contributed by atoms with Gasteiger partial charge in [0.25, 0.3) is 0 Å². The molecule has 142 valence electrons. The molecular weight excluding hydrogens is 374 g/mol. The quantitative estimate of drug-likeness (QED) is 0.675. The topological polar surface area (TPSA) is 49.8 Å². The molecule has 1 heterocycles. The summed E-state index contributed by atoms with van der Waals surface area (Å²) in [5.74, 6) is -0.237. The van der Waals surface area contributed by atoms with Crippen molar-refractivity contribution in [3.05, 3.63) is 88.9 Å². The highest BCUT2D eigenvalue weighted by atomic mass is 35.5. The van der Waals surface area contributed by atoms with Crippen molar-refractivity contribution in [1.29, 1.82) is 0 Å². The Hall–Kier alpha value is -2.82. The van der Waals surface area contributed by atoms with E-state index in [0.29, 0.717) is 36.0 Å². The molecule has 0 radical (unpaired) electrons. The van der Waals surface area contributed by atoms with E-state index in [-0.39, 0.29) is 0 Å². The number of hydrogen-bond donors (Lipinski definition) is 1. The van der Waals surface area contributed by atoms with Crippen LogP contribution < -0.4 is 4.74 Å². The van der Waals surface area contributed by atoms with Gasteiger partial charge in [0.05, 0.1) is 0 Å². The van der Waals surface area contributed by atoms with Crippen LogP contribution in [0.2, 0.25) is 5.02 Å². The molecule has 0 saturated carbocycles. The maximum Gasteiger partial charge on any atom is 0.325 e. The van der Waals surface area contributed by atoms with Gasteiger partial charge >= 0.3 is 5.97 Å². The molecule has 0 saturated heterocycles. The smallest absolute Gasteiger partial charge is 0.325 e. The van der Waals surface area contributed by atoms with Gasteiger partial charge in [0.15, 0.2) is 0 Å². The standard InChI is InChI=1S/C23H20ClNO3/c24-18-8-5-7-16(14-18)19-9-2-1-6-17(19)15-25-12-13-28-21-11-4-3-10-20(21)22(25)23(26)27/h1-11,14,22H,12-13,15H2,(H,26,27). The van der Waals surface area contributed by atoms with Gasteiger partial charge in [0.2, 0.25) is 0 Å². The Morgan fingerprint density at radius 3 is 2.68 bits per heavy atom. The molecule has 4 nitrogen and oxygen atoms in total. The van der Waals surface area contributed by atoms with Crippen molar-refractivity contribution in [2.24, 2.45) is 0 Å². The van der Waals surface area contributed by atoms with E-state index in [0.717, 1.165) is 16.7 Å². The Morgan fingerprint density at radius 2 is 1.86 bits per heavy atom. The molecule has 1 atom stereocenters. The van der Waals surface area contributed by atoms with Gasteiger partial charge in [-0.3, -0.25) is 9.69 Å². The monoisotopic (exact) mass is 393 g/mol. The lowest BCUT2D eigenvalue weighted by atomic mass is 9.98. The van der Waals surface area contributed by atoms with Crippen LogP contribution in [0.15, 0.2) is 72.8 Å². The number of halogens is 1. The molecule has 4 rings (SSSR count). The predicted octanol–water partition coefficient (Wildman–Crippen LogP) is 5.03. The average Bonchev–Trinajstić information content (AvgIpc) is 2.87. The minimum Gasteiger partial charge on any atom is -0.492 e. The summed E-state index contributed by atoms with van der Waals surface area (Å²) in [6, 6.07) is 22.3. The Bertz CT molecular complexity index is 1000. The van der Waals surface area contributed by atoms with E-state index < -0.39 is 12.0 Å². The first-order valence-electron chi connectivity index (χ1n) is 9.16. The Kier molecular flexibility index (Phi) is 5.33. The molecule has 5 heteroatoms. The fourth-order valence-electron chi connectivity index (χ4n) is 3.71. The minimum atomic E-state index is -0.877. The van der Waals surface area contributed by atoms with Crippen LogP contribution in [0.25, 0.3) is 11.1 Å². The summed E-state index contributed by atoms with van der Waals surface area (Å²) in [7, 11) is 0. The molecule has 1 N–H and O–H groups in total. The van der Waals surface area contributed by atoms with E-state index in [9.17, 15) is 9.90 Å². The molecule has 0 spiro atoms. The van der Waals surface area contributed by atoms with Gasteiger partial charge in [-0.2, -0.15) is 0 Å². The van der Waals surface area contributed by atoms with Crippen molar-refractivity contribution >= 4 is 17.6 Å². The molecule has 0 fully saturated rings. The van der Waals surface area contributed by atoms with Crippen LogP contribution in [0.3, 0.4) is 0 Å². The van der Waals surface area contributed by atoms with E-state index in [1.165, 1.54) is 0 Å². The SMILES string of the molecule is O=C(O)C1c2ccccc2OCCN1Cc1ccccc1-c1cccc(Cl)c1. The fraction of sp³-hybridized carbons (Fsp3) is 0.174. The number of para-hydroxylation sites is 1. The molecule has 0 aromatic heterocycles. The van der Waals surface area contributed by atoms with Crippen LogP contribution in [0.4, 0.5) is 0 Å². The largest absolute Gasteiger partial charge is 0.492 e. The van der Waals surface area contributed by atoms with Crippen LogP contribution in [0.1, 0.15) is 17.2 Å². The Morgan fingerprint density at radius 1 is 1.07 bits per heavy atom. The predicted molar refractivity (Wildman–Crippen MR) is 110 cm³/mol. The van der Waals surface area contributed by atoms with E-state index in [2.05, 4.69) is 0 Å². The first kappa shape index (κ1) is 18.5. The highest BCUT2D eigenvalue weighted by Crippen LogP contribution is 2.34. The second kappa shape index (κ2) is 8.05. The van der Waals surface area contributed by atoms with Crippen molar-refractivity contribution in [2.45, 2.75) is 12.6 Å². The van der Waals surface area contributed by atoms with E-state index >= 15 is 0 Å². The van der Waals surface area contributed by atoms with Crippen molar-refractivity contribution in [2.75, 3.05) is 13.2 Å². The third-order valence-electron chi connectivity index (χ3n) is 4.98. The molecule has 3 aromatic carbocycles. The van der Waals surface area contributed by atoms with Crippen molar-refractivity contribution < 1.29 is 14.6 Å². The lowest BCUT2D eigenvalue weighted by Gasteiger charge is -2.27. The van der Waals surface area contributed by atoms with Gasteiger partial charge in [0.1, 0.15) is 18.4 Å². The molecule has 1 aliphatic heterocycles. The van der Waals surface area contributed by atoms with E-state index in [1.807, 2.05) is 77.7 Å². The summed E-state index contributed by atoms with van der Waals surface area (Å²) in [6.07, 6.45) is 0. The Balaban J connectivity index is 1.72. The third kappa shape index (κ3) is 3.75. The summed E-state index contributed by atoms with van der Waals surface area (Å²) >= 11 is 6.18. The normalized spacial score (nSPS) is 16.7. The Labute approximate surface area is 168 Å². The number of carboxylic acids is 1. The third-order valence-corrected chi connectivity index (χ3v) is 5.21. The number of carbonyl (C=O) groups is 1. The molecular formula is C23H20ClNO3. The van der Waals surface area contributed by atoms with Crippen molar-refractivity contribution in [1.82, 2.24) is 4.90 Å². The average molecular weight is 394 g/mol. The zero-order valence-corrected chi connectivity index (χ0v) is 16.0. The number of hydrogen-bond acceptors (Lipinski definition) is 3. The van der Waals surface area contributed by atoms with Crippen LogP contribution in [-0.4, -0.2) is 29.1 Å². The van der Waals surface area contributed by atoms with Gasteiger partial charge in [-0.1, -0.05) is 66.2 Å². The highest BCUT2D eigenvalue weighted by molar-refractivity contribution is 6.30. The molecule has 1 aliphatic rings. The number of aliphatic carboxylic acids is 1. The molecule has 0 aliphatic carbocycles. The number of benzene rings is 3. The first-order chi connectivity index (χ1) is 13.6. The number of rotatable bonds is 4. The van der Waals surface area contributed by atoms with Crippen LogP contribution in [-0.2, 0) is 11.3 Å². The van der Waals surface area contributed by atoms with Crippen LogP contribution in [0, 0.1) is 0 Å². The van der Waals surface area contributed by atoms with Crippen LogP contribution in [0.5, 0.6) is 5.75 Å². The van der Waals surface area contributed by atoms with Crippen LogP contribution >= 0.6 is 11.6 Å². The summed E-state index contributed by atoms with van der Waals surface area (Å²) in [5.41, 5.74) is 3.80. The molecule has 0 amide bonds. The van der Waals surface area contributed by atoms with E-state index in [4.69, 9.17) is 16.3 Å². The number of ether oxygens (including phenoxy) is 1. The van der Waals surface area contributed by atoms with Gasteiger partial charge < -0.3 is 9.84 Å². The van der Waals surface area contributed by atoms with Gasteiger partial charge in [0, 0.05) is 23.7 Å². The van der Waals surface area contributed by atoms with E-state index in [1.54, 1.807) is 0 Å². The van der Waals surface area contributed by atoms with Gasteiger partial charge in [-0.15, -0.1) is 0 Å². The maximum absolute atomic E-state index is 12.2. The lowest BCUT2D eigenvalue weighted by molar-refractivity contribution is -0.143. The summed E-state index contributed by atoms with van der Waals surface area (Å²) < 4.78 is 5.80. The molecule has 28 heavy (non-hydrogen) atoms. The maximum atomic E-state index is 12.2. The molecule has 1 unspecified atom stereocenters. The first-order valence-corrected chi connectivity index (χ1v) is 9.54. The summed E-state index contributed by atoms with van der Waals surface area (Å²) in [6.45, 7) is 1.47. The zero-order chi connectivity index (χ0) is 19.5. The second-order valence-electron chi connectivity index (χ2n) is 6.77. The second-order valence-corrected chi connectivity index (χ2v) is 7.20. The van der Waals surface area contributed by atoms with Gasteiger partial charge in [-0.25, -0.2) is 0 Å². The van der Waals surface area contributed by atoms with Gasteiger partial charge in [-0.05, 0) is 34.9 Å². The number of fused-ring (bicyclic) bond motifs is 1. The fourth-order valence-corrected chi connectivity index (χ4v) is 3.90. The molecule has 0 bridgehead atoms. The van der Waals surface area contributed by atoms with Crippen molar-refractivity contribution in [3.8, 4) is 16.9 Å². The summed E-state index contributed by atoms with van der Waals surface area (Å²) in [5, 5.41) is 10.6. The zero-order valence-electron chi connectivity index (χ0n) is 15.2. The number of carboxylic acid groups (broad SMARTS) is 1.